The van der Waals surface area contributed by atoms with E-state index in [9.17, 15) is 14.4 Å². The van der Waals surface area contributed by atoms with Crippen molar-refractivity contribution < 1.29 is 19.1 Å². The summed E-state index contributed by atoms with van der Waals surface area (Å²) in [5, 5.41) is 9.02. The number of nitrogens with one attached hydrogen (secondary N) is 3. The summed E-state index contributed by atoms with van der Waals surface area (Å²) < 4.78 is 5.66. The molecule has 4 aromatic rings. The van der Waals surface area contributed by atoms with Crippen LogP contribution in [0.15, 0.2) is 114 Å². The number of hydrogen-bond acceptors (Lipinski definition) is 5. The van der Waals surface area contributed by atoms with Crippen LogP contribution in [-0.2, 0) is 9.59 Å². The van der Waals surface area contributed by atoms with Gasteiger partial charge in [-0.3, -0.25) is 14.4 Å². The van der Waals surface area contributed by atoms with E-state index in [4.69, 9.17) is 16.3 Å². The molecule has 4 aromatic carbocycles. The Morgan fingerprint density at radius 3 is 2.30 bits per heavy atom. The Morgan fingerprint density at radius 2 is 1.58 bits per heavy atom. The number of rotatable bonds is 13. The van der Waals surface area contributed by atoms with Crippen molar-refractivity contribution in [2.45, 2.75) is 24.7 Å². The number of carbonyl (C=O) groups is 3. The number of thioether (sulfide) groups is 1. The van der Waals surface area contributed by atoms with E-state index in [2.05, 4.69) is 22.9 Å². The minimum atomic E-state index is -0.499. The molecule has 0 fully saturated rings. The third-order valence-corrected chi connectivity index (χ3v) is 7.32. The van der Waals surface area contributed by atoms with Crippen LogP contribution in [-0.4, -0.2) is 30.1 Å². The lowest BCUT2D eigenvalue weighted by Gasteiger charge is -2.12. The highest BCUT2D eigenvalue weighted by atomic mass is 35.5. The minimum absolute atomic E-state index is 0.0652. The van der Waals surface area contributed by atoms with Gasteiger partial charge in [-0.15, -0.1) is 11.8 Å². The average molecular weight is 614 g/mol. The number of ether oxygens (including phenoxy) is 1. The molecule has 0 bridgehead atoms. The van der Waals surface area contributed by atoms with Crippen LogP contribution in [0.25, 0.3) is 6.08 Å². The first-order valence-corrected chi connectivity index (χ1v) is 15.2. The van der Waals surface area contributed by atoms with Gasteiger partial charge in [0.1, 0.15) is 11.4 Å². The maximum Gasteiger partial charge on any atom is 0.272 e. The molecule has 9 heteroatoms. The molecule has 0 saturated heterocycles. The van der Waals surface area contributed by atoms with Gasteiger partial charge in [-0.1, -0.05) is 61.3 Å². The highest BCUT2D eigenvalue weighted by Gasteiger charge is 2.15. The number of anilines is 2. The predicted molar refractivity (Wildman–Crippen MR) is 175 cm³/mol. The summed E-state index contributed by atoms with van der Waals surface area (Å²) in [4.78, 5) is 39.5. The van der Waals surface area contributed by atoms with E-state index in [-0.39, 0.29) is 17.4 Å². The zero-order valence-electron chi connectivity index (χ0n) is 23.6. The normalized spacial score (nSPS) is 11.0. The summed E-state index contributed by atoms with van der Waals surface area (Å²) in [6.07, 6.45) is 3.64. The fourth-order valence-electron chi connectivity index (χ4n) is 3.84. The fraction of sp³-hybridized carbons (Fsp3) is 0.147. The molecule has 0 saturated carbocycles. The van der Waals surface area contributed by atoms with Crippen LogP contribution in [0.4, 0.5) is 11.4 Å². The molecule has 7 nitrogen and oxygen atoms in total. The van der Waals surface area contributed by atoms with Gasteiger partial charge in [0.2, 0.25) is 5.91 Å². The van der Waals surface area contributed by atoms with Gasteiger partial charge in [-0.25, -0.2) is 0 Å². The maximum absolute atomic E-state index is 13.3. The second kappa shape index (κ2) is 16.2. The van der Waals surface area contributed by atoms with Gasteiger partial charge in [0.25, 0.3) is 11.8 Å². The zero-order chi connectivity index (χ0) is 30.4. The van der Waals surface area contributed by atoms with Crippen molar-refractivity contribution in [3.05, 3.63) is 125 Å². The van der Waals surface area contributed by atoms with Crippen molar-refractivity contribution in [1.29, 1.82) is 0 Å². The summed E-state index contributed by atoms with van der Waals surface area (Å²) in [5.41, 5.74) is 2.38. The number of carbonyl (C=O) groups excluding carboxylic acids is 3. The molecular weight excluding hydrogens is 582 g/mol. The number of hydrogen-bond donors (Lipinski definition) is 3. The Bertz CT molecular complexity index is 1560. The first-order chi connectivity index (χ1) is 20.9. The lowest BCUT2D eigenvalue weighted by atomic mass is 10.1. The van der Waals surface area contributed by atoms with Crippen LogP contribution in [0.2, 0.25) is 5.02 Å². The van der Waals surface area contributed by atoms with E-state index in [0.717, 1.165) is 23.5 Å². The van der Waals surface area contributed by atoms with E-state index in [1.807, 2.05) is 36.4 Å². The minimum Gasteiger partial charge on any atom is -0.494 e. The summed E-state index contributed by atoms with van der Waals surface area (Å²) in [5.74, 6) is -0.117. The molecule has 4 rings (SSSR count). The Morgan fingerprint density at radius 1 is 0.837 bits per heavy atom. The van der Waals surface area contributed by atoms with Crippen LogP contribution in [0.3, 0.4) is 0 Å². The van der Waals surface area contributed by atoms with Gasteiger partial charge in [-0.2, -0.15) is 0 Å². The third kappa shape index (κ3) is 10.4. The van der Waals surface area contributed by atoms with Crippen molar-refractivity contribution in [2.75, 3.05) is 23.0 Å². The van der Waals surface area contributed by atoms with Crippen LogP contribution < -0.4 is 20.7 Å². The Hall–Kier alpha value is -4.53. The topological polar surface area (TPSA) is 96.5 Å². The van der Waals surface area contributed by atoms with Gasteiger partial charge < -0.3 is 20.7 Å². The average Bonchev–Trinajstić information content (AvgIpc) is 3.02. The molecule has 0 aliphatic rings. The number of benzene rings is 4. The first-order valence-electron chi connectivity index (χ1n) is 13.8. The zero-order valence-corrected chi connectivity index (χ0v) is 25.2. The van der Waals surface area contributed by atoms with Crippen LogP contribution >= 0.6 is 23.4 Å². The smallest absolute Gasteiger partial charge is 0.272 e. The van der Waals surface area contributed by atoms with Crippen molar-refractivity contribution in [3.8, 4) is 5.75 Å². The van der Waals surface area contributed by atoms with Crippen LogP contribution in [0, 0.1) is 0 Å². The summed E-state index contributed by atoms with van der Waals surface area (Å²) >= 11 is 7.35. The number of unbranched alkanes of at least 4 members (excludes halogenated alkanes) is 1. The number of amides is 3. The fourth-order valence-corrected chi connectivity index (χ4v) is 4.73. The molecular formula is C34H32ClN3O4S. The Kier molecular flexibility index (Phi) is 11.8. The molecule has 0 radical (unpaired) electrons. The van der Waals surface area contributed by atoms with Crippen molar-refractivity contribution in [2.24, 2.45) is 0 Å². The van der Waals surface area contributed by atoms with E-state index in [1.54, 1.807) is 72.8 Å². The molecule has 0 aromatic heterocycles. The highest BCUT2D eigenvalue weighted by molar-refractivity contribution is 8.00. The van der Waals surface area contributed by atoms with Crippen LogP contribution in [0.5, 0.6) is 5.75 Å². The molecule has 0 atom stereocenters. The van der Waals surface area contributed by atoms with E-state index in [1.165, 1.54) is 11.8 Å². The molecule has 3 amide bonds. The Labute approximate surface area is 260 Å². The first kappa shape index (κ1) is 31.4. The Balaban J connectivity index is 1.37. The van der Waals surface area contributed by atoms with Crippen LogP contribution in [0.1, 0.15) is 35.7 Å². The monoisotopic (exact) mass is 613 g/mol. The van der Waals surface area contributed by atoms with Crippen molar-refractivity contribution >= 4 is 58.5 Å². The molecule has 0 spiro atoms. The molecule has 0 unspecified atom stereocenters. The third-order valence-electron chi connectivity index (χ3n) is 6.08. The molecule has 220 valence electrons. The van der Waals surface area contributed by atoms with E-state index >= 15 is 0 Å². The second-order valence-corrected chi connectivity index (χ2v) is 11.0. The van der Waals surface area contributed by atoms with Crippen molar-refractivity contribution in [3.63, 3.8) is 0 Å². The molecule has 0 aliphatic heterocycles. The lowest BCUT2D eigenvalue weighted by Crippen LogP contribution is -2.30. The van der Waals surface area contributed by atoms with E-state index < -0.39 is 11.8 Å². The summed E-state index contributed by atoms with van der Waals surface area (Å²) in [6, 6.07) is 30.0. The molecule has 0 heterocycles. The second-order valence-electron chi connectivity index (χ2n) is 9.47. The van der Waals surface area contributed by atoms with Gasteiger partial charge in [-0.05, 0) is 84.8 Å². The quantitative estimate of drug-likeness (QED) is 0.0817. The SMILES string of the molecule is CCCCOc1ccc(NC(=O)CSc2cccc(NC(=O)/C(=C/c3ccc(Cl)cc3)NC(=O)c3ccccc3)c2)cc1. The predicted octanol–water partition coefficient (Wildman–Crippen LogP) is 7.66. The van der Waals surface area contributed by atoms with Gasteiger partial charge in [0, 0.05) is 26.9 Å². The highest BCUT2D eigenvalue weighted by Crippen LogP contribution is 2.23. The standard InChI is InChI=1S/C34H32ClN3O4S/c1-2-3-20-42-29-18-16-27(17-19-29)36-32(39)23-43-30-11-7-10-28(22-30)37-34(41)31(21-24-12-14-26(35)15-13-24)38-33(40)25-8-5-4-6-9-25/h4-19,21-22H,2-3,20,23H2,1H3,(H,36,39)(H,37,41)(H,38,40)/b31-21-. The largest absolute Gasteiger partial charge is 0.494 e. The summed E-state index contributed by atoms with van der Waals surface area (Å²) in [6.45, 7) is 2.78. The summed E-state index contributed by atoms with van der Waals surface area (Å²) in [7, 11) is 0. The lowest BCUT2D eigenvalue weighted by molar-refractivity contribution is -0.114. The number of halogens is 1. The van der Waals surface area contributed by atoms with E-state index in [0.29, 0.717) is 34.1 Å². The molecule has 3 N–H and O–H groups in total. The maximum atomic E-state index is 13.3. The van der Waals surface area contributed by atoms with Crippen molar-refractivity contribution in [1.82, 2.24) is 5.32 Å². The van der Waals surface area contributed by atoms with Gasteiger partial charge in [0.15, 0.2) is 0 Å². The molecule has 43 heavy (non-hydrogen) atoms. The molecule has 0 aliphatic carbocycles. The van der Waals surface area contributed by atoms with Gasteiger partial charge in [0.05, 0.1) is 12.4 Å². The van der Waals surface area contributed by atoms with Gasteiger partial charge >= 0.3 is 0 Å².